The van der Waals surface area contributed by atoms with Crippen molar-refractivity contribution in [1.29, 1.82) is 0 Å². The summed E-state index contributed by atoms with van der Waals surface area (Å²) < 4.78 is 0. The Morgan fingerprint density at radius 1 is 1.50 bits per heavy atom. The number of hydrogen-bond acceptors (Lipinski definition) is 3. The molecular formula is C8H16O4. The van der Waals surface area contributed by atoms with E-state index in [9.17, 15) is 4.79 Å². The molecular weight excluding hydrogens is 160 g/mol. The summed E-state index contributed by atoms with van der Waals surface area (Å²) in [4.78, 5) is 14.2. The van der Waals surface area contributed by atoms with Crippen molar-refractivity contribution in [3.63, 3.8) is 0 Å². The molecule has 0 aromatic rings. The topological polar surface area (TPSA) is 66.8 Å². The van der Waals surface area contributed by atoms with Crippen molar-refractivity contribution in [3.8, 4) is 0 Å². The lowest BCUT2D eigenvalue weighted by atomic mass is 10.1. The van der Waals surface area contributed by atoms with Crippen molar-refractivity contribution in [1.82, 2.24) is 0 Å². The predicted octanol–water partition coefficient (Wildman–Crippen LogP) is 1.90. The summed E-state index contributed by atoms with van der Waals surface area (Å²) in [5.41, 5.74) is 0. The summed E-state index contributed by atoms with van der Waals surface area (Å²) >= 11 is 0. The van der Waals surface area contributed by atoms with E-state index in [0.717, 1.165) is 19.3 Å². The average molecular weight is 176 g/mol. The lowest BCUT2D eigenvalue weighted by molar-refractivity contribution is -0.280. The van der Waals surface area contributed by atoms with E-state index in [1.165, 1.54) is 0 Å². The molecule has 4 heteroatoms. The maximum Gasteiger partial charge on any atom is 0.306 e. The summed E-state index contributed by atoms with van der Waals surface area (Å²) in [5, 5.41) is 16.7. The normalized spacial score (nSPS) is 12.8. The van der Waals surface area contributed by atoms with E-state index in [4.69, 9.17) is 10.4 Å². The van der Waals surface area contributed by atoms with Gasteiger partial charge < -0.3 is 5.11 Å². The predicted molar refractivity (Wildman–Crippen MR) is 43.9 cm³/mol. The Kier molecular flexibility index (Phi) is 6.70. The summed E-state index contributed by atoms with van der Waals surface area (Å²) in [7, 11) is 0. The average Bonchev–Trinajstić information content (AvgIpc) is 2.02. The van der Waals surface area contributed by atoms with Crippen LogP contribution in [0.4, 0.5) is 0 Å². The Morgan fingerprint density at radius 3 is 2.58 bits per heavy atom. The van der Waals surface area contributed by atoms with E-state index in [1.807, 2.05) is 0 Å². The number of carboxylic acids is 1. The molecule has 0 aliphatic heterocycles. The number of hydrogen-bond donors (Lipinski definition) is 2. The highest BCUT2D eigenvalue weighted by molar-refractivity contribution is 5.67. The van der Waals surface area contributed by atoms with Crippen molar-refractivity contribution >= 4 is 5.97 Å². The van der Waals surface area contributed by atoms with Gasteiger partial charge in [-0.3, -0.25) is 10.1 Å². The number of unbranched alkanes of at least 4 members (excludes halogenated alkanes) is 2. The third-order valence-electron chi connectivity index (χ3n) is 1.68. The molecule has 12 heavy (non-hydrogen) atoms. The van der Waals surface area contributed by atoms with Crippen LogP contribution in [-0.2, 0) is 9.68 Å². The van der Waals surface area contributed by atoms with E-state index in [2.05, 4.69) is 11.8 Å². The molecule has 1 unspecified atom stereocenters. The van der Waals surface area contributed by atoms with Crippen LogP contribution in [0.25, 0.3) is 0 Å². The Morgan fingerprint density at radius 2 is 2.17 bits per heavy atom. The first-order valence-corrected chi connectivity index (χ1v) is 4.22. The van der Waals surface area contributed by atoms with Gasteiger partial charge in [0.2, 0.25) is 0 Å². The first kappa shape index (κ1) is 11.4. The second-order valence-electron chi connectivity index (χ2n) is 2.82. The SMILES string of the molecule is CCCCCC(CC(=O)O)OO. The molecule has 0 saturated heterocycles. The van der Waals surface area contributed by atoms with Gasteiger partial charge in [-0.15, -0.1) is 0 Å². The fraction of sp³-hybridized carbons (Fsp3) is 0.875. The maximum absolute atomic E-state index is 10.2. The van der Waals surface area contributed by atoms with Crippen molar-refractivity contribution < 1.29 is 20.0 Å². The summed E-state index contributed by atoms with van der Waals surface area (Å²) in [6.07, 6.45) is 2.95. The zero-order valence-corrected chi connectivity index (χ0v) is 7.32. The molecule has 0 saturated carbocycles. The first-order valence-electron chi connectivity index (χ1n) is 4.22. The van der Waals surface area contributed by atoms with Gasteiger partial charge in [0.1, 0.15) is 6.10 Å². The molecule has 1 atom stereocenters. The minimum absolute atomic E-state index is 0.125. The van der Waals surface area contributed by atoms with E-state index < -0.39 is 12.1 Å². The first-order chi connectivity index (χ1) is 5.70. The second kappa shape index (κ2) is 7.06. The van der Waals surface area contributed by atoms with E-state index in [1.54, 1.807) is 0 Å². The van der Waals surface area contributed by atoms with Crippen molar-refractivity contribution in [2.75, 3.05) is 0 Å². The highest BCUT2D eigenvalue weighted by Crippen LogP contribution is 2.08. The molecule has 0 aromatic heterocycles. The van der Waals surface area contributed by atoms with Crippen molar-refractivity contribution in [2.24, 2.45) is 0 Å². The minimum atomic E-state index is -0.939. The Bertz CT molecular complexity index is 124. The van der Waals surface area contributed by atoms with E-state index >= 15 is 0 Å². The highest BCUT2D eigenvalue weighted by atomic mass is 17.1. The standard InChI is InChI=1S/C8H16O4/c1-2-3-4-5-7(12-11)6-8(9)10/h7,11H,2-6H2,1H3,(H,9,10). The Balaban J connectivity index is 3.46. The molecule has 0 rings (SSSR count). The molecule has 0 aromatic carbocycles. The molecule has 0 spiro atoms. The van der Waals surface area contributed by atoms with Crippen molar-refractivity contribution in [3.05, 3.63) is 0 Å². The van der Waals surface area contributed by atoms with Gasteiger partial charge in [0.15, 0.2) is 0 Å². The van der Waals surface area contributed by atoms with Crippen LogP contribution in [0.5, 0.6) is 0 Å². The zero-order valence-electron chi connectivity index (χ0n) is 7.32. The molecule has 72 valence electrons. The lowest BCUT2D eigenvalue weighted by Crippen LogP contribution is -2.15. The van der Waals surface area contributed by atoms with Crippen LogP contribution in [0, 0.1) is 0 Å². The van der Waals surface area contributed by atoms with Crippen LogP contribution in [0.1, 0.15) is 39.0 Å². The second-order valence-corrected chi connectivity index (χ2v) is 2.82. The van der Waals surface area contributed by atoms with Crippen LogP contribution in [0.15, 0.2) is 0 Å². The number of rotatable bonds is 7. The third-order valence-corrected chi connectivity index (χ3v) is 1.68. The summed E-state index contributed by atoms with van der Waals surface area (Å²) in [5.74, 6) is -0.939. The molecule has 0 heterocycles. The number of carboxylic acid groups (broad SMARTS) is 1. The molecule has 0 bridgehead atoms. The van der Waals surface area contributed by atoms with Gasteiger partial charge in [0, 0.05) is 0 Å². The lowest BCUT2D eigenvalue weighted by Gasteiger charge is -2.09. The van der Waals surface area contributed by atoms with Crippen molar-refractivity contribution in [2.45, 2.75) is 45.1 Å². The molecule has 0 amide bonds. The quantitative estimate of drug-likeness (QED) is 0.353. The van der Waals surface area contributed by atoms with E-state index in [0.29, 0.717) is 6.42 Å². The number of carbonyl (C=O) groups is 1. The zero-order chi connectivity index (χ0) is 9.40. The molecule has 0 aliphatic carbocycles. The summed E-state index contributed by atoms with van der Waals surface area (Å²) in [6.45, 7) is 2.06. The van der Waals surface area contributed by atoms with Crippen LogP contribution in [-0.4, -0.2) is 22.4 Å². The Labute approximate surface area is 72.1 Å². The van der Waals surface area contributed by atoms with Crippen LogP contribution >= 0.6 is 0 Å². The smallest absolute Gasteiger partial charge is 0.306 e. The largest absolute Gasteiger partial charge is 0.481 e. The molecule has 0 aliphatic rings. The van der Waals surface area contributed by atoms with Crippen LogP contribution in [0.2, 0.25) is 0 Å². The van der Waals surface area contributed by atoms with Gasteiger partial charge in [-0.05, 0) is 6.42 Å². The van der Waals surface area contributed by atoms with Gasteiger partial charge in [-0.1, -0.05) is 26.2 Å². The van der Waals surface area contributed by atoms with Gasteiger partial charge in [-0.2, -0.15) is 0 Å². The number of aliphatic carboxylic acids is 1. The summed E-state index contributed by atoms with van der Waals surface area (Å²) in [6, 6.07) is 0. The Hall–Kier alpha value is -0.610. The van der Waals surface area contributed by atoms with Gasteiger partial charge >= 0.3 is 5.97 Å². The fourth-order valence-electron chi connectivity index (χ4n) is 1.01. The molecule has 2 N–H and O–H groups in total. The molecule has 0 radical (unpaired) electrons. The fourth-order valence-corrected chi connectivity index (χ4v) is 1.01. The van der Waals surface area contributed by atoms with Crippen LogP contribution in [0.3, 0.4) is 0 Å². The third kappa shape index (κ3) is 6.12. The van der Waals surface area contributed by atoms with Gasteiger partial charge in [0.05, 0.1) is 6.42 Å². The van der Waals surface area contributed by atoms with Gasteiger partial charge in [-0.25, -0.2) is 4.89 Å². The maximum atomic E-state index is 10.2. The van der Waals surface area contributed by atoms with Gasteiger partial charge in [0.25, 0.3) is 0 Å². The van der Waals surface area contributed by atoms with Crippen LogP contribution < -0.4 is 0 Å². The highest BCUT2D eigenvalue weighted by Gasteiger charge is 2.12. The monoisotopic (exact) mass is 176 g/mol. The molecule has 4 nitrogen and oxygen atoms in total. The molecule has 0 fully saturated rings. The minimum Gasteiger partial charge on any atom is -0.481 e. The van der Waals surface area contributed by atoms with E-state index in [-0.39, 0.29) is 6.42 Å².